The molecule has 0 bridgehead atoms. The van der Waals surface area contributed by atoms with Crippen LogP contribution in [-0.4, -0.2) is 204 Å². The first-order chi connectivity index (χ1) is 48.2. The predicted octanol–water partition coefficient (Wildman–Crippen LogP) is 11.6. The highest BCUT2D eigenvalue weighted by Crippen LogP contribution is 2.49. The Morgan fingerprint density at radius 2 is 0.700 bits per heavy atom. The molecule has 0 aromatic heterocycles. The molecule has 19 atom stereocenters. The summed E-state index contributed by atoms with van der Waals surface area (Å²) in [7, 11) is -5.69. The van der Waals surface area contributed by atoms with Gasteiger partial charge in [0, 0.05) is 19.3 Å². The van der Waals surface area contributed by atoms with Crippen molar-refractivity contribution < 1.29 is 117 Å². The molecule has 3 aliphatic rings. The van der Waals surface area contributed by atoms with Crippen LogP contribution in [-0.2, 0) is 61.2 Å². The maximum Gasteiger partial charge on any atom is 0.472 e. The number of phosphoric ester groups is 1. The normalized spacial score (nSPS) is 27.6. The first-order valence-electron chi connectivity index (χ1n) is 39.7. The van der Waals surface area contributed by atoms with Gasteiger partial charge in [0.1, 0.15) is 98.7 Å². The largest absolute Gasteiger partial charge is 0.472 e. The first kappa shape index (κ1) is 92.2. The van der Waals surface area contributed by atoms with E-state index in [-0.39, 0.29) is 19.3 Å². The quantitative estimate of drug-likeness (QED) is 0.0117. The Morgan fingerprint density at radius 3 is 1.08 bits per heavy atom. The van der Waals surface area contributed by atoms with E-state index >= 15 is 0 Å². The molecule has 0 radical (unpaired) electrons. The first-order valence-corrected chi connectivity index (χ1v) is 41.2. The molecule has 590 valence electrons. The van der Waals surface area contributed by atoms with Crippen LogP contribution < -0.4 is 0 Å². The molecule has 3 rings (SSSR count). The average Bonchev–Trinajstić information content (AvgIpc) is 0.762. The van der Waals surface area contributed by atoms with Gasteiger partial charge < -0.3 is 89.1 Å². The van der Waals surface area contributed by atoms with Crippen molar-refractivity contribution in [1.29, 1.82) is 0 Å². The second-order valence-corrected chi connectivity index (χ2v) is 30.5. The second-order valence-electron chi connectivity index (χ2n) is 29.1. The number of hydrogen-bond acceptors (Lipinski definition) is 23. The zero-order valence-electron chi connectivity index (χ0n) is 61.9. The van der Waals surface area contributed by atoms with Crippen LogP contribution in [0.5, 0.6) is 0 Å². The van der Waals surface area contributed by atoms with Crippen molar-refractivity contribution in [2.75, 3.05) is 26.4 Å². The Balaban J connectivity index is 1.71. The lowest BCUT2D eigenvalue weighted by atomic mass is 9.84. The maximum atomic E-state index is 14.4. The molecule has 2 saturated heterocycles. The molecular weight excluding hydrogens is 1320 g/mol. The van der Waals surface area contributed by atoms with Gasteiger partial charge in [-0.1, -0.05) is 285 Å². The molecule has 11 N–H and O–H groups in total. The van der Waals surface area contributed by atoms with Gasteiger partial charge in [0.15, 0.2) is 18.7 Å². The van der Waals surface area contributed by atoms with E-state index in [1.165, 1.54) is 167 Å². The molecule has 1 saturated carbocycles. The summed E-state index contributed by atoms with van der Waals surface area (Å²) >= 11 is 0. The molecule has 25 heteroatoms. The summed E-state index contributed by atoms with van der Waals surface area (Å²) < 4.78 is 65.2. The summed E-state index contributed by atoms with van der Waals surface area (Å²) in [5.74, 6) is -1.28. The highest BCUT2D eigenvalue weighted by Gasteiger charge is 2.58. The Kier molecular flexibility index (Phi) is 51.9. The van der Waals surface area contributed by atoms with E-state index in [1.807, 2.05) is 0 Å². The van der Waals surface area contributed by atoms with Gasteiger partial charge in [-0.2, -0.15) is 0 Å². The summed E-state index contributed by atoms with van der Waals surface area (Å²) in [6.07, 6.45) is 13.0. The fourth-order valence-electron chi connectivity index (χ4n) is 13.5. The molecule has 1 aliphatic carbocycles. The third kappa shape index (κ3) is 39.0. The SMILES string of the molecule is CCCCCCCCCCCCCCCCCCCC(=O)OCC(COP(=O)(O)OC1C(OC2OC(CO)C(O)C(O)C2O)C(O)C(O)C(O)C1OC1OC(COC(=O)CCCCCCCCC(C)CCCCCCCC)C(O)C(O)C1O)OC(=O)CCCCCCCCCCCCCC. The zero-order chi connectivity index (χ0) is 73.3. The molecule has 24 nitrogen and oxygen atoms in total. The maximum absolute atomic E-state index is 14.4. The molecule has 0 aromatic carbocycles. The highest BCUT2D eigenvalue weighted by atomic mass is 31.2. The van der Waals surface area contributed by atoms with Gasteiger partial charge in [0.2, 0.25) is 0 Å². The molecule has 2 heterocycles. The fourth-order valence-corrected chi connectivity index (χ4v) is 14.4. The van der Waals surface area contributed by atoms with Crippen molar-refractivity contribution in [3.63, 3.8) is 0 Å². The second kappa shape index (κ2) is 56.3. The van der Waals surface area contributed by atoms with E-state index in [0.717, 1.165) is 89.9 Å². The number of aliphatic hydroxyl groups is 10. The number of aliphatic hydroxyl groups excluding tert-OH is 10. The molecule has 2 aliphatic heterocycles. The molecule has 3 fully saturated rings. The van der Waals surface area contributed by atoms with Crippen LogP contribution in [0.25, 0.3) is 0 Å². The van der Waals surface area contributed by atoms with Gasteiger partial charge >= 0.3 is 25.7 Å². The van der Waals surface area contributed by atoms with Crippen molar-refractivity contribution in [3.05, 3.63) is 0 Å². The monoisotopic (exact) mass is 1460 g/mol. The molecule has 19 unspecified atom stereocenters. The number of hydrogen-bond donors (Lipinski definition) is 11. The number of phosphoric acid groups is 1. The summed E-state index contributed by atoms with van der Waals surface area (Å²) in [6.45, 7) is 5.80. The lowest BCUT2D eigenvalue weighted by Crippen LogP contribution is -2.69. The van der Waals surface area contributed by atoms with Crippen molar-refractivity contribution >= 4 is 25.7 Å². The number of ether oxygens (including phenoxy) is 7. The van der Waals surface area contributed by atoms with E-state index in [1.54, 1.807) is 0 Å². The van der Waals surface area contributed by atoms with Crippen LogP contribution in [0.1, 0.15) is 323 Å². The molecule has 0 amide bonds. The third-order valence-electron chi connectivity index (χ3n) is 20.0. The van der Waals surface area contributed by atoms with Crippen LogP contribution in [0.2, 0.25) is 0 Å². The number of carbonyl (C=O) groups is 3. The number of rotatable bonds is 62. The lowest BCUT2D eigenvalue weighted by Gasteiger charge is -2.49. The summed E-state index contributed by atoms with van der Waals surface area (Å²) in [5, 5.41) is 110. The Bertz CT molecular complexity index is 2080. The molecule has 0 aromatic rings. The lowest BCUT2D eigenvalue weighted by molar-refractivity contribution is -0.360. The van der Waals surface area contributed by atoms with Crippen molar-refractivity contribution in [3.8, 4) is 0 Å². The number of esters is 3. The molecular formula is C75H141O24P. The van der Waals surface area contributed by atoms with E-state index in [0.29, 0.717) is 25.2 Å². The Hall–Kier alpha value is -2.04. The van der Waals surface area contributed by atoms with Crippen LogP contribution in [0.4, 0.5) is 0 Å². The minimum absolute atomic E-state index is 0.0310. The summed E-state index contributed by atoms with van der Waals surface area (Å²) in [4.78, 5) is 51.1. The van der Waals surface area contributed by atoms with Gasteiger partial charge in [-0.15, -0.1) is 0 Å². The van der Waals surface area contributed by atoms with Crippen molar-refractivity contribution in [2.24, 2.45) is 5.92 Å². The van der Waals surface area contributed by atoms with Gasteiger partial charge in [-0.3, -0.25) is 23.4 Å². The van der Waals surface area contributed by atoms with Gasteiger partial charge in [-0.25, -0.2) is 4.57 Å². The Morgan fingerprint density at radius 1 is 0.380 bits per heavy atom. The zero-order valence-corrected chi connectivity index (χ0v) is 62.8. The van der Waals surface area contributed by atoms with E-state index in [4.69, 9.17) is 42.2 Å². The van der Waals surface area contributed by atoms with Crippen LogP contribution in [0.3, 0.4) is 0 Å². The summed E-state index contributed by atoms with van der Waals surface area (Å²) in [6, 6.07) is 0. The minimum Gasteiger partial charge on any atom is -0.463 e. The van der Waals surface area contributed by atoms with Crippen molar-refractivity contribution in [1.82, 2.24) is 0 Å². The Labute approximate surface area is 600 Å². The standard InChI is InChI=1S/C75H141O24P/c1-5-8-11-14-17-19-21-23-24-25-26-27-29-30-32-38-43-48-59(77)91-52-56(94-61(79)50-45-40-33-31-28-22-20-18-15-12-9-6-2)53-93-100(89,90)99-73-71(97-74-69(87)64(82)62(80)57(51-76)95-74)67(85)66(84)68(86)72(73)98-75-70(88)65(83)63(81)58(96-75)54-92-60(78)49-44-39-35-34-37-42-47-55(4)46-41-36-16-13-10-7-3/h55-58,62-76,80-88H,5-54H2,1-4H3,(H,89,90). The van der Waals surface area contributed by atoms with E-state index in [2.05, 4.69) is 27.7 Å². The predicted molar refractivity (Wildman–Crippen MR) is 379 cm³/mol. The number of carbonyl (C=O) groups excluding carboxylic acids is 3. The molecule has 0 spiro atoms. The van der Waals surface area contributed by atoms with Crippen LogP contribution in [0.15, 0.2) is 0 Å². The molecule has 100 heavy (non-hydrogen) atoms. The highest BCUT2D eigenvalue weighted by molar-refractivity contribution is 7.47. The van der Waals surface area contributed by atoms with Crippen LogP contribution >= 0.6 is 7.82 Å². The van der Waals surface area contributed by atoms with Crippen molar-refractivity contribution in [2.45, 2.75) is 427 Å². The topological polar surface area (TPSA) is 374 Å². The van der Waals surface area contributed by atoms with Gasteiger partial charge in [0.25, 0.3) is 0 Å². The van der Waals surface area contributed by atoms with Gasteiger partial charge in [-0.05, 0) is 25.2 Å². The number of unbranched alkanes of at least 4 members (excludes halogenated alkanes) is 37. The summed E-state index contributed by atoms with van der Waals surface area (Å²) in [5.41, 5.74) is 0. The third-order valence-corrected chi connectivity index (χ3v) is 21.0. The smallest absolute Gasteiger partial charge is 0.463 e. The van der Waals surface area contributed by atoms with E-state index in [9.17, 15) is 74.9 Å². The van der Waals surface area contributed by atoms with E-state index < -0.39 is 156 Å². The fraction of sp³-hybridized carbons (Fsp3) is 0.960. The average molecular weight is 1460 g/mol. The van der Waals surface area contributed by atoms with Gasteiger partial charge in [0.05, 0.1) is 13.2 Å². The minimum atomic E-state index is -5.69. The van der Waals surface area contributed by atoms with Crippen LogP contribution in [0, 0.1) is 5.92 Å².